The molecule has 0 spiro atoms. The average molecular weight is 384 g/mol. The largest absolute Gasteiger partial charge is 0.320 e. The Hall–Kier alpha value is -1.20. The Morgan fingerprint density at radius 1 is 1.32 bits per heavy atom. The van der Waals surface area contributed by atoms with Crippen LogP contribution in [0.1, 0.15) is 23.0 Å². The summed E-state index contributed by atoms with van der Waals surface area (Å²) in [4.78, 5) is 16.3. The van der Waals surface area contributed by atoms with Crippen molar-refractivity contribution in [3.63, 3.8) is 0 Å². The summed E-state index contributed by atoms with van der Waals surface area (Å²) in [5, 5.41) is 2.89. The molecule has 0 bridgehead atoms. The number of hydrogen-bond donors (Lipinski definition) is 1. The van der Waals surface area contributed by atoms with Crippen LogP contribution in [0.25, 0.3) is 0 Å². The van der Waals surface area contributed by atoms with Crippen molar-refractivity contribution in [1.82, 2.24) is 4.98 Å². The smallest absolute Gasteiger partial charge is 0.275 e. The second-order valence-electron chi connectivity index (χ2n) is 3.94. The lowest BCUT2D eigenvalue weighted by atomic mass is 10.1. The average Bonchev–Trinajstić information content (AvgIpc) is 2.41. The van der Waals surface area contributed by atoms with Gasteiger partial charge in [-0.2, -0.15) is 0 Å². The van der Waals surface area contributed by atoms with Gasteiger partial charge in [0.2, 0.25) is 0 Å². The maximum absolute atomic E-state index is 12.2. The highest BCUT2D eigenvalue weighted by Crippen LogP contribution is 2.23. The molecule has 1 aromatic heterocycles. The Morgan fingerprint density at radius 2 is 2.11 bits per heavy atom. The van der Waals surface area contributed by atoms with E-state index in [1.807, 2.05) is 25.1 Å². The van der Waals surface area contributed by atoms with Gasteiger partial charge < -0.3 is 5.32 Å². The van der Waals surface area contributed by atoms with Crippen molar-refractivity contribution in [2.75, 3.05) is 5.32 Å². The minimum Gasteiger partial charge on any atom is -0.320 e. The van der Waals surface area contributed by atoms with Gasteiger partial charge in [-0.3, -0.25) is 4.79 Å². The summed E-state index contributed by atoms with van der Waals surface area (Å²) in [5.41, 5.74) is 2.27. The fraction of sp³-hybridized carbons (Fsp3) is 0.143. The number of halogens is 2. The van der Waals surface area contributed by atoms with Crippen molar-refractivity contribution in [3.05, 3.63) is 56.7 Å². The predicted octanol–water partition coefficient (Wildman–Crippen LogP) is 4.42. The molecule has 0 atom stereocenters. The summed E-state index contributed by atoms with van der Waals surface area (Å²) in [7, 11) is 0. The fourth-order valence-corrected chi connectivity index (χ4v) is 2.55. The molecule has 1 amide bonds. The molecule has 0 saturated carbocycles. The van der Waals surface area contributed by atoms with E-state index in [9.17, 15) is 4.79 Å². The standard InChI is InChI=1S/C14H12Br2N2O/c1-2-9-8-10(15)5-6-12(9)18-14(19)13-11(16)4-3-7-17-13/h3-8H,2H2,1H3,(H,18,19). The molecule has 0 fully saturated rings. The van der Waals surface area contributed by atoms with Gasteiger partial charge in [0.15, 0.2) is 0 Å². The van der Waals surface area contributed by atoms with Crippen LogP contribution in [-0.4, -0.2) is 10.9 Å². The molecule has 0 aliphatic carbocycles. The summed E-state index contributed by atoms with van der Waals surface area (Å²) < 4.78 is 1.68. The molecule has 0 aliphatic rings. The molecule has 0 saturated heterocycles. The Morgan fingerprint density at radius 3 is 2.79 bits per heavy atom. The number of benzene rings is 1. The number of carbonyl (C=O) groups is 1. The number of aryl methyl sites for hydroxylation is 1. The number of aromatic nitrogens is 1. The van der Waals surface area contributed by atoms with Gasteiger partial charge in [0, 0.05) is 20.8 Å². The molecule has 19 heavy (non-hydrogen) atoms. The number of anilines is 1. The molecule has 1 N–H and O–H groups in total. The molecular formula is C14H12Br2N2O. The van der Waals surface area contributed by atoms with E-state index in [0.717, 1.165) is 22.1 Å². The molecule has 0 unspecified atom stereocenters. The zero-order valence-corrected chi connectivity index (χ0v) is 13.5. The van der Waals surface area contributed by atoms with Crippen LogP contribution in [0.15, 0.2) is 45.5 Å². The molecule has 5 heteroatoms. The van der Waals surface area contributed by atoms with E-state index in [0.29, 0.717) is 10.2 Å². The molecule has 2 rings (SSSR count). The van der Waals surface area contributed by atoms with Crippen molar-refractivity contribution in [1.29, 1.82) is 0 Å². The van der Waals surface area contributed by atoms with Crippen molar-refractivity contribution in [2.45, 2.75) is 13.3 Å². The maximum Gasteiger partial charge on any atom is 0.275 e. The summed E-state index contributed by atoms with van der Waals surface area (Å²) >= 11 is 6.75. The van der Waals surface area contributed by atoms with Gasteiger partial charge in [-0.15, -0.1) is 0 Å². The van der Waals surface area contributed by atoms with Crippen LogP contribution < -0.4 is 5.32 Å². The van der Waals surface area contributed by atoms with Gasteiger partial charge in [0.05, 0.1) is 0 Å². The van der Waals surface area contributed by atoms with Crippen LogP contribution in [0.4, 0.5) is 5.69 Å². The van der Waals surface area contributed by atoms with E-state index in [1.54, 1.807) is 18.3 Å². The number of nitrogens with zero attached hydrogens (tertiary/aromatic N) is 1. The number of rotatable bonds is 3. The van der Waals surface area contributed by atoms with E-state index < -0.39 is 0 Å². The molecule has 98 valence electrons. The highest BCUT2D eigenvalue weighted by molar-refractivity contribution is 9.10. The summed E-state index contributed by atoms with van der Waals surface area (Å²) in [5.74, 6) is -0.218. The Labute approximate surface area is 128 Å². The second-order valence-corrected chi connectivity index (χ2v) is 5.71. The van der Waals surface area contributed by atoms with Gasteiger partial charge in [0.1, 0.15) is 5.69 Å². The van der Waals surface area contributed by atoms with Gasteiger partial charge in [-0.25, -0.2) is 4.98 Å². The topological polar surface area (TPSA) is 42.0 Å². The minimum absolute atomic E-state index is 0.218. The first-order valence-corrected chi connectivity index (χ1v) is 7.40. The number of amides is 1. The molecule has 0 aliphatic heterocycles. The lowest BCUT2D eigenvalue weighted by molar-refractivity contribution is 0.102. The van der Waals surface area contributed by atoms with Crippen molar-refractivity contribution in [3.8, 4) is 0 Å². The van der Waals surface area contributed by atoms with Crippen LogP contribution in [0.2, 0.25) is 0 Å². The number of pyridine rings is 1. The molecule has 1 heterocycles. The van der Waals surface area contributed by atoms with Crippen molar-refractivity contribution < 1.29 is 4.79 Å². The lowest BCUT2D eigenvalue weighted by Gasteiger charge is -2.10. The number of nitrogens with one attached hydrogen (secondary N) is 1. The molecule has 1 aromatic carbocycles. The highest BCUT2D eigenvalue weighted by Gasteiger charge is 2.12. The normalized spacial score (nSPS) is 10.3. The first-order valence-electron chi connectivity index (χ1n) is 5.82. The van der Waals surface area contributed by atoms with E-state index in [2.05, 4.69) is 42.2 Å². The first-order chi connectivity index (χ1) is 9.11. The van der Waals surface area contributed by atoms with Crippen molar-refractivity contribution in [2.24, 2.45) is 0 Å². The van der Waals surface area contributed by atoms with E-state index >= 15 is 0 Å². The molecule has 3 nitrogen and oxygen atoms in total. The van der Waals surface area contributed by atoms with Crippen LogP contribution in [0, 0.1) is 0 Å². The van der Waals surface area contributed by atoms with Crippen LogP contribution in [0.3, 0.4) is 0 Å². The fourth-order valence-electron chi connectivity index (χ4n) is 1.71. The number of hydrogen-bond acceptors (Lipinski definition) is 2. The summed E-state index contributed by atoms with van der Waals surface area (Å²) in [6, 6.07) is 9.37. The summed E-state index contributed by atoms with van der Waals surface area (Å²) in [6.45, 7) is 2.05. The third-order valence-electron chi connectivity index (χ3n) is 2.67. The maximum atomic E-state index is 12.2. The third-order valence-corrected chi connectivity index (χ3v) is 3.80. The highest BCUT2D eigenvalue weighted by atomic mass is 79.9. The van der Waals surface area contributed by atoms with Crippen LogP contribution >= 0.6 is 31.9 Å². The van der Waals surface area contributed by atoms with Crippen LogP contribution in [0.5, 0.6) is 0 Å². The van der Waals surface area contributed by atoms with E-state index in [4.69, 9.17) is 0 Å². The SMILES string of the molecule is CCc1cc(Br)ccc1NC(=O)c1ncccc1Br. The predicted molar refractivity (Wildman–Crippen MR) is 83.4 cm³/mol. The number of carbonyl (C=O) groups excluding carboxylic acids is 1. The third kappa shape index (κ3) is 3.42. The minimum atomic E-state index is -0.218. The van der Waals surface area contributed by atoms with Gasteiger partial charge in [0.25, 0.3) is 5.91 Å². The van der Waals surface area contributed by atoms with Gasteiger partial charge >= 0.3 is 0 Å². The lowest BCUT2D eigenvalue weighted by Crippen LogP contribution is -2.15. The zero-order valence-electron chi connectivity index (χ0n) is 10.3. The monoisotopic (exact) mass is 382 g/mol. The molecule has 2 aromatic rings. The van der Waals surface area contributed by atoms with E-state index in [1.165, 1.54) is 0 Å². The van der Waals surface area contributed by atoms with E-state index in [-0.39, 0.29) is 5.91 Å². The first kappa shape index (κ1) is 14.2. The Kier molecular flexibility index (Phi) is 4.71. The zero-order chi connectivity index (χ0) is 13.8. The Balaban J connectivity index is 2.27. The van der Waals surface area contributed by atoms with Gasteiger partial charge in [-0.1, -0.05) is 22.9 Å². The Bertz CT molecular complexity index is 614. The summed E-state index contributed by atoms with van der Waals surface area (Å²) in [6.07, 6.45) is 2.44. The molecule has 0 radical (unpaired) electrons. The van der Waals surface area contributed by atoms with Gasteiger partial charge in [-0.05, 0) is 58.2 Å². The second kappa shape index (κ2) is 6.30. The molecular weight excluding hydrogens is 372 g/mol. The van der Waals surface area contributed by atoms with Crippen LogP contribution in [-0.2, 0) is 6.42 Å². The quantitative estimate of drug-likeness (QED) is 0.852. The van der Waals surface area contributed by atoms with Crippen molar-refractivity contribution >= 4 is 43.5 Å².